The molecule has 0 bridgehead atoms. The number of carbonyl (C=O) groups excluding carboxylic acids is 1. The molecule has 7 nitrogen and oxygen atoms in total. The smallest absolute Gasteiger partial charge is 0.416 e. The summed E-state index contributed by atoms with van der Waals surface area (Å²) in [6.07, 6.45) is -0.603. The number of carbonyl (C=O) groups is 1. The Bertz CT molecular complexity index is 1200. The first-order valence-corrected chi connectivity index (χ1v) is 13.5. The molecule has 2 atom stereocenters. The second-order valence-electron chi connectivity index (χ2n) is 9.39. The number of hydrogen-bond donors (Lipinski definition) is 3. The first-order valence-electron chi connectivity index (χ1n) is 12.0. The van der Waals surface area contributed by atoms with Crippen LogP contribution in [0.5, 0.6) is 5.75 Å². The average molecular weight is 526 g/mol. The van der Waals surface area contributed by atoms with Gasteiger partial charge in [0.2, 0.25) is 15.9 Å². The van der Waals surface area contributed by atoms with E-state index in [1.54, 1.807) is 0 Å². The van der Waals surface area contributed by atoms with Gasteiger partial charge in [-0.1, -0.05) is 24.6 Å². The standard InChI is InChI=1S/C25H30F3N3O4S/c1-16(31-36(33,34)20-7-2-4-18(14-20)25(26,27)28)12-24(32)30-22-10-11-35-23-13-17(8-9-21(22)23)15-29-19-5-3-6-19/h2,4,7-9,13-14,16,19,22,29,31H,3,5-6,10-12,15H2,1H3,(H,30,32)/t16-,22+/m0/s1. The van der Waals surface area contributed by atoms with Gasteiger partial charge in [-0.05, 0) is 49.6 Å². The zero-order valence-corrected chi connectivity index (χ0v) is 20.7. The maximum atomic E-state index is 12.9. The Morgan fingerprint density at radius 1 is 1.14 bits per heavy atom. The lowest BCUT2D eigenvalue weighted by Gasteiger charge is -2.29. The second kappa shape index (κ2) is 10.8. The molecule has 1 aliphatic heterocycles. The molecule has 1 aliphatic carbocycles. The summed E-state index contributed by atoms with van der Waals surface area (Å²) in [6, 6.07) is 8.88. The van der Waals surface area contributed by atoms with Crippen LogP contribution in [-0.2, 0) is 27.5 Å². The Balaban J connectivity index is 1.34. The number of amides is 1. The molecule has 1 heterocycles. The molecule has 1 saturated carbocycles. The zero-order valence-electron chi connectivity index (χ0n) is 19.9. The van der Waals surface area contributed by atoms with Crippen LogP contribution in [0.25, 0.3) is 0 Å². The van der Waals surface area contributed by atoms with E-state index in [0.29, 0.717) is 25.1 Å². The van der Waals surface area contributed by atoms with Crippen molar-refractivity contribution in [1.82, 2.24) is 15.4 Å². The Kier molecular flexibility index (Phi) is 7.91. The maximum Gasteiger partial charge on any atom is 0.416 e. The van der Waals surface area contributed by atoms with E-state index in [1.807, 2.05) is 18.2 Å². The normalized spacial score (nSPS) is 19.1. The summed E-state index contributed by atoms with van der Waals surface area (Å²) >= 11 is 0. The van der Waals surface area contributed by atoms with Crippen molar-refractivity contribution in [2.45, 2.75) is 74.8 Å². The molecule has 0 unspecified atom stereocenters. The molecular formula is C25H30F3N3O4S. The van der Waals surface area contributed by atoms with Gasteiger partial charge in [-0.3, -0.25) is 4.79 Å². The van der Waals surface area contributed by atoms with Gasteiger partial charge in [0, 0.05) is 37.0 Å². The minimum Gasteiger partial charge on any atom is -0.493 e. The molecule has 1 amide bonds. The third kappa shape index (κ3) is 6.57. The van der Waals surface area contributed by atoms with Gasteiger partial charge in [0.1, 0.15) is 5.75 Å². The largest absolute Gasteiger partial charge is 0.493 e. The van der Waals surface area contributed by atoms with Crippen LogP contribution >= 0.6 is 0 Å². The summed E-state index contributed by atoms with van der Waals surface area (Å²) in [7, 11) is -4.24. The SMILES string of the molecule is C[C@@H](CC(=O)N[C@@H]1CCOc2cc(CNC3CCC3)ccc21)NS(=O)(=O)c1cccc(C(F)(F)F)c1. The highest BCUT2D eigenvalue weighted by Crippen LogP contribution is 2.33. The molecular weight excluding hydrogens is 495 g/mol. The van der Waals surface area contributed by atoms with Crippen LogP contribution in [0, 0.1) is 0 Å². The van der Waals surface area contributed by atoms with Crippen molar-refractivity contribution >= 4 is 15.9 Å². The van der Waals surface area contributed by atoms with E-state index >= 15 is 0 Å². The van der Waals surface area contributed by atoms with E-state index in [-0.39, 0.29) is 18.4 Å². The molecule has 0 aromatic heterocycles. The van der Waals surface area contributed by atoms with Crippen LogP contribution in [0.1, 0.15) is 61.8 Å². The van der Waals surface area contributed by atoms with Gasteiger partial charge < -0.3 is 15.4 Å². The molecule has 36 heavy (non-hydrogen) atoms. The van der Waals surface area contributed by atoms with Gasteiger partial charge in [0.25, 0.3) is 0 Å². The number of ether oxygens (including phenoxy) is 1. The molecule has 0 spiro atoms. The number of hydrogen-bond acceptors (Lipinski definition) is 5. The van der Waals surface area contributed by atoms with E-state index in [9.17, 15) is 26.4 Å². The first kappa shape index (κ1) is 26.4. The van der Waals surface area contributed by atoms with Crippen molar-refractivity contribution in [3.63, 3.8) is 0 Å². The van der Waals surface area contributed by atoms with Gasteiger partial charge in [-0.15, -0.1) is 0 Å². The highest BCUT2D eigenvalue weighted by Gasteiger charge is 2.32. The van der Waals surface area contributed by atoms with Crippen molar-refractivity contribution in [2.75, 3.05) is 6.61 Å². The van der Waals surface area contributed by atoms with Crippen LogP contribution < -0.4 is 20.1 Å². The van der Waals surface area contributed by atoms with Crippen LogP contribution in [0.4, 0.5) is 13.2 Å². The van der Waals surface area contributed by atoms with Gasteiger partial charge in [0.05, 0.1) is 23.1 Å². The fourth-order valence-electron chi connectivity index (χ4n) is 4.31. The molecule has 1 fully saturated rings. The summed E-state index contributed by atoms with van der Waals surface area (Å²) in [6.45, 7) is 2.68. The number of rotatable bonds is 9. The van der Waals surface area contributed by atoms with Crippen molar-refractivity contribution in [3.8, 4) is 5.75 Å². The van der Waals surface area contributed by atoms with Crippen LogP contribution in [0.2, 0.25) is 0 Å². The topological polar surface area (TPSA) is 96.5 Å². The molecule has 3 N–H and O–H groups in total. The van der Waals surface area contributed by atoms with Crippen LogP contribution in [0.15, 0.2) is 47.4 Å². The zero-order chi connectivity index (χ0) is 25.9. The summed E-state index contributed by atoms with van der Waals surface area (Å²) in [5.41, 5.74) is 0.903. The van der Waals surface area contributed by atoms with Crippen molar-refractivity contribution < 1.29 is 31.1 Å². The highest BCUT2D eigenvalue weighted by molar-refractivity contribution is 7.89. The van der Waals surface area contributed by atoms with E-state index in [1.165, 1.54) is 26.2 Å². The molecule has 2 aromatic carbocycles. The maximum absolute atomic E-state index is 12.9. The van der Waals surface area contributed by atoms with E-state index < -0.39 is 32.7 Å². The van der Waals surface area contributed by atoms with E-state index in [4.69, 9.17) is 4.74 Å². The molecule has 2 aromatic rings. The fourth-order valence-corrected chi connectivity index (χ4v) is 5.60. The molecule has 4 rings (SSSR count). The Morgan fingerprint density at radius 2 is 1.92 bits per heavy atom. The number of halogens is 3. The van der Waals surface area contributed by atoms with E-state index in [2.05, 4.69) is 15.4 Å². The predicted molar refractivity (Wildman–Crippen MR) is 128 cm³/mol. The second-order valence-corrected chi connectivity index (χ2v) is 11.1. The number of alkyl halides is 3. The Morgan fingerprint density at radius 3 is 2.61 bits per heavy atom. The first-order chi connectivity index (χ1) is 17.0. The van der Waals surface area contributed by atoms with Gasteiger partial charge >= 0.3 is 6.18 Å². The quantitative estimate of drug-likeness (QED) is 0.459. The van der Waals surface area contributed by atoms with Crippen LogP contribution in [0.3, 0.4) is 0 Å². The number of benzene rings is 2. The van der Waals surface area contributed by atoms with Gasteiger partial charge in [0.15, 0.2) is 0 Å². The minimum absolute atomic E-state index is 0.172. The number of nitrogens with one attached hydrogen (secondary N) is 3. The van der Waals surface area contributed by atoms with Gasteiger partial charge in [-0.2, -0.15) is 13.2 Å². The summed E-state index contributed by atoms with van der Waals surface area (Å²) in [5.74, 6) is 0.348. The highest BCUT2D eigenvalue weighted by atomic mass is 32.2. The summed E-state index contributed by atoms with van der Waals surface area (Å²) in [5, 5.41) is 6.44. The van der Waals surface area contributed by atoms with Crippen molar-refractivity contribution in [2.24, 2.45) is 0 Å². The molecule has 11 heteroatoms. The molecule has 0 radical (unpaired) electrons. The molecule has 196 valence electrons. The lowest BCUT2D eigenvalue weighted by Crippen LogP contribution is -2.39. The minimum atomic E-state index is -4.66. The number of sulfonamides is 1. The van der Waals surface area contributed by atoms with Crippen LogP contribution in [-0.4, -0.2) is 33.0 Å². The Labute approximate surface area is 208 Å². The predicted octanol–water partition coefficient (Wildman–Crippen LogP) is 4.04. The van der Waals surface area contributed by atoms with E-state index in [0.717, 1.165) is 41.6 Å². The van der Waals surface area contributed by atoms with Gasteiger partial charge in [-0.25, -0.2) is 13.1 Å². The average Bonchev–Trinajstić information content (AvgIpc) is 2.77. The summed E-state index contributed by atoms with van der Waals surface area (Å²) in [4.78, 5) is 12.2. The lowest BCUT2D eigenvalue weighted by molar-refractivity contribution is -0.137. The molecule has 0 saturated heterocycles. The number of fused-ring (bicyclic) bond motifs is 1. The fraction of sp³-hybridized carbons (Fsp3) is 0.480. The monoisotopic (exact) mass is 525 g/mol. The van der Waals surface area contributed by atoms with Crippen molar-refractivity contribution in [1.29, 1.82) is 0 Å². The molecule has 2 aliphatic rings. The van der Waals surface area contributed by atoms with Crippen molar-refractivity contribution in [3.05, 3.63) is 59.2 Å². The third-order valence-electron chi connectivity index (χ3n) is 6.47. The lowest BCUT2D eigenvalue weighted by atomic mass is 9.93. The Hall–Kier alpha value is -2.63. The summed E-state index contributed by atoms with van der Waals surface area (Å²) < 4.78 is 72.1. The third-order valence-corrected chi connectivity index (χ3v) is 8.06.